The molecule has 3 heterocycles. The molecule has 0 unspecified atom stereocenters. The maximum atomic E-state index is 6.00. The molecule has 1 saturated heterocycles. The number of rotatable bonds is 10. The Hall–Kier alpha value is -3.60. The summed E-state index contributed by atoms with van der Waals surface area (Å²) in [6, 6.07) is 30.5. The van der Waals surface area contributed by atoms with E-state index < -0.39 is 0 Å². The standard InChI is InChI=1S/C34H34N2OS/c1-2-10-33-31(9-1)32(26-28-13-11-27(12-14-28)8-7-23-35-19-3-4-20-35)34(38-33)29-15-17-30(18-16-29)37-25-24-36-21-5-6-22-36/h1-2,5-18,21-22H,3-4,19-20,23-26H2/b8-7-. The van der Waals surface area contributed by atoms with E-state index in [1.54, 1.807) is 0 Å². The molecular weight excluding hydrogens is 484 g/mol. The van der Waals surface area contributed by atoms with E-state index in [0.717, 1.165) is 25.3 Å². The minimum absolute atomic E-state index is 0.658. The van der Waals surface area contributed by atoms with Crippen LogP contribution in [0, 0.1) is 0 Å². The second-order valence-electron chi connectivity index (χ2n) is 10.0. The van der Waals surface area contributed by atoms with Crippen molar-refractivity contribution in [1.29, 1.82) is 0 Å². The van der Waals surface area contributed by atoms with Crippen LogP contribution in [0.5, 0.6) is 5.75 Å². The van der Waals surface area contributed by atoms with Crippen molar-refractivity contribution in [1.82, 2.24) is 9.47 Å². The summed E-state index contributed by atoms with van der Waals surface area (Å²) in [6.07, 6.45) is 12.3. The zero-order chi connectivity index (χ0) is 25.6. The van der Waals surface area contributed by atoms with Crippen LogP contribution in [0.3, 0.4) is 0 Å². The Bertz CT molecular complexity index is 1470. The van der Waals surface area contributed by atoms with E-state index in [0.29, 0.717) is 6.61 Å². The van der Waals surface area contributed by atoms with Gasteiger partial charge in [-0.2, -0.15) is 0 Å². The third-order valence-corrected chi connectivity index (χ3v) is 8.59. The highest BCUT2D eigenvalue weighted by Gasteiger charge is 2.15. The molecule has 4 heteroatoms. The van der Waals surface area contributed by atoms with Crippen molar-refractivity contribution in [3.05, 3.63) is 120 Å². The highest BCUT2D eigenvalue weighted by atomic mass is 32.1. The van der Waals surface area contributed by atoms with Gasteiger partial charge in [-0.3, -0.25) is 4.90 Å². The Morgan fingerprint density at radius 2 is 1.58 bits per heavy atom. The summed E-state index contributed by atoms with van der Waals surface area (Å²) in [5.41, 5.74) is 5.27. The summed E-state index contributed by atoms with van der Waals surface area (Å²) >= 11 is 1.88. The summed E-state index contributed by atoms with van der Waals surface area (Å²) < 4.78 is 9.47. The van der Waals surface area contributed by atoms with E-state index in [1.165, 1.54) is 63.1 Å². The molecule has 0 atom stereocenters. The summed E-state index contributed by atoms with van der Waals surface area (Å²) in [6.45, 7) is 5.05. The number of nitrogens with zero attached hydrogens (tertiary/aromatic N) is 2. The first kappa shape index (κ1) is 24.7. The Kier molecular flexibility index (Phi) is 7.71. The van der Waals surface area contributed by atoms with Gasteiger partial charge in [0.1, 0.15) is 12.4 Å². The lowest BCUT2D eigenvalue weighted by Gasteiger charge is -2.10. The quantitative estimate of drug-likeness (QED) is 0.186. The lowest BCUT2D eigenvalue weighted by molar-refractivity contribution is 0.298. The van der Waals surface area contributed by atoms with Gasteiger partial charge in [0.25, 0.3) is 0 Å². The van der Waals surface area contributed by atoms with E-state index in [-0.39, 0.29) is 0 Å². The number of likely N-dealkylation sites (tertiary alicyclic amines) is 1. The fraction of sp³-hybridized carbons (Fsp3) is 0.235. The minimum Gasteiger partial charge on any atom is -0.492 e. The smallest absolute Gasteiger partial charge is 0.119 e. The number of ether oxygens (including phenoxy) is 1. The largest absolute Gasteiger partial charge is 0.492 e. The lowest BCUT2D eigenvalue weighted by atomic mass is 9.98. The van der Waals surface area contributed by atoms with E-state index in [2.05, 4.69) is 107 Å². The van der Waals surface area contributed by atoms with E-state index in [9.17, 15) is 0 Å². The summed E-state index contributed by atoms with van der Waals surface area (Å²) in [4.78, 5) is 3.87. The molecular formula is C34H34N2OS. The highest BCUT2D eigenvalue weighted by molar-refractivity contribution is 7.22. The van der Waals surface area contributed by atoms with Gasteiger partial charge in [0.15, 0.2) is 0 Å². The molecule has 0 aliphatic carbocycles. The maximum absolute atomic E-state index is 6.00. The molecule has 1 fully saturated rings. The fourth-order valence-corrected chi connectivity index (χ4v) is 6.48. The third-order valence-electron chi connectivity index (χ3n) is 7.33. The van der Waals surface area contributed by atoms with Crippen molar-refractivity contribution in [2.24, 2.45) is 0 Å². The molecule has 0 spiro atoms. The molecule has 6 rings (SSSR count). The molecule has 1 aliphatic rings. The highest BCUT2D eigenvalue weighted by Crippen LogP contribution is 2.40. The minimum atomic E-state index is 0.658. The molecule has 0 N–H and O–H groups in total. The molecule has 0 amide bonds. The molecule has 0 bridgehead atoms. The monoisotopic (exact) mass is 518 g/mol. The zero-order valence-electron chi connectivity index (χ0n) is 21.8. The van der Waals surface area contributed by atoms with Crippen molar-refractivity contribution in [2.75, 3.05) is 26.2 Å². The van der Waals surface area contributed by atoms with Gasteiger partial charge in [-0.25, -0.2) is 0 Å². The number of hydrogen-bond donors (Lipinski definition) is 0. The molecule has 5 aromatic rings. The number of aromatic nitrogens is 1. The second kappa shape index (κ2) is 11.8. The first-order valence-electron chi connectivity index (χ1n) is 13.6. The van der Waals surface area contributed by atoms with Crippen LogP contribution in [0.25, 0.3) is 26.6 Å². The molecule has 3 nitrogen and oxygen atoms in total. The Morgan fingerprint density at radius 1 is 0.816 bits per heavy atom. The van der Waals surface area contributed by atoms with Gasteiger partial charge in [-0.05, 0) is 102 Å². The Labute approximate surface area is 229 Å². The Morgan fingerprint density at radius 3 is 2.37 bits per heavy atom. The molecule has 0 saturated carbocycles. The number of benzene rings is 3. The topological polar surface area (TPSA) is 17.4 Å². The number of fused-ring (bicyclic) bond motifs is 1. The van der Waals surface area contributed by atoms with Crippen LogP contribution in [0.15, 0.2) is 103 Å². The maximum Gasteiger partial charge on any atom is 0.119 e. The van der Waals surface area contributed by atoms with Crippen molar-refractivity contribution in [3.63, 3.8) is 0 Å². The summed E-state index contributed by atoms with van der Waals surface area (Å²) in [5, 5.41) is 1.36. The SMILES string of the molecule is C(=C/c1ccc(Cc2c(-c3ccc(OCCn4cccc4)cc3)sc3ccccc23)cc1)/CN1CCCC1. The zero-order valence-corrected chi connectivity index (χ0v) is 22.6. The van der Waals surface area contributed by atoms with Crippen LogP contribution in [0.1, 0.15) is 29.5 Å². The molecule has 3 aromatic carbocycles. The lowest BCUT2D eigenvalue weighted by Crippen LogP contribution is -2.18. The average molecular weight is 519 g/mol. The first-order valence-corrected chi connectivity index (χ1v) is 14.5. The molecule has 0 radical (unpaired) electrons. The third kappa shape index (κ3) is 5.93. The van der Waals surface area contributed by atoms with Crippen molar-refractivity contribution >= 4 is 27.5 Å². The van der Waals surface area contributed by atoms with Gasteiger partial charge in [-0.15, -0.1) is 11.3 Å². The molecule has 38 heavy (non-hydrogen) atoms. The van der Waals surface area contributed by atoms with Crippen LogP contribution in [-0.4, -0.2) is 35.7 Å². The van der Waals surface area contributed by atoms with Gasteiger partial charge in [0, 0.05) is 28.5 Å². The summed E-state index contributed by atoms with van der Waals surface area (Å²) in [5.74, 6) is 0.914. The van der Waals surface area contributed by atoms with Gasteiger partial charge in [0.2, 0.25) is 0 Å². The summed E-state index contributed by atoms with van der Waals surface area (Å²) in [7, 11) is 0. The van der Waals surface area contributed by atoms with E-state index >= 15 is 0 Å². The number of thiophene rings is 1. The van der Waals surface area contributed by atoms with E-state index in [4.69, 9.17) is 4.74 Å². The normalized spacial score (nSPS) is 14.1. The van der Waals surface area contributed by atoms with Crippen molar-refractivity contribution in [3.8, 4) is 16.2 Å². The predicted octanol–water partition coefficient (Wildman–Crippen LogP) is 8.15. The van der Waals surface area contributed by atoms with Crippen molar-refractivity contribution < 1.29 is 4.74 Å². The van der Waals surface area contributed by atoms with Crippen LogP contribution in [0.2, 0.25) is 0 Å². The van der Waals surface area contributed by atoms with Crippen LogP contribution in [0.4, 0.5) is 0 Å². The first-order chi connectivity index (χ1) is 18.8. The van der Waals surface area contributed by atoms with E-state index in [1.807, 2.05) is 23.5 Å². The molecule has 2 aromatic heterocycles. The fourth-order valence-electron chi connectivity index (χ4n) is 5.25. The van der Waals surface area contributed by atoms with Gasteiger partial charge < -0.3 is 9.30 Å². The van der Waals surface area contributed by atoms with Crippen LogP contribution < -0.4 is 4.74 Å². The van der Waals surface area contributed by atoms with Crippen LogP contribution in [-0.2, 0) is 13.0 Å². The van der Waals surface area contributed by atoms with Gasteiger partial charge in [-0.1, -0.05) is 54.6 Å². The molecule has 192 valence electrons. The number of hydrogen-bond acceptors (Lipinski definition) is 3. The second-order valence-corrected chi connectivity index (χ2v) is 11.1. The van der Waals surface area contributed by atoms with Crippen LogP contribution >= 0.6 is 11.3 Å². The predicted molar refractivity (Wildman–Crippen MR) is 161 cm³/mol. The van der Waals surface area contributed by atoms with Crippen molar-refractivity contribution in [2.45, 2.75) is 25.8 Å². The van der Waals surface area contributed by atoms with Gasteiger partial charge >= 0.3 is 0 Å². The van der Waals surface area contributed by atoms with Gasteiger partial charge in [0.05, 0.1) is 6.54 Å². The molecule has 1 aliphatic heterocycles. The Balaban J connectivity index is 1.17. The average Bonchev–Trinajstić information content (AvgIpc) is 3.73.